The minimum atomic E-state index is 0.700. The van der Waals surface area contributed by atoms with Gasteiger partial charge in [0.25, 0.3) is 0 Å². The van der Waals surface area contributed by atoms with E-state index in [4.69, 9.17) is 10.5 Å². The molecule has 0 fully saturated rings. The Hall–Kier alpha value is -1.69. The van der Waals surface area contributed by atoms with E-state index in [0.717, 1.165) is 28.0 Å². The van der Waals surface area contributed by atoms with Gasteiger partial charge in [0, 0.05) is 23.7 Å². The van der Waals surface area contributed by atoms with Crippen LogP contribution in [0.1, 0.15) is 11.6 Å². The number of aromatic nitrogens is 3. The molecule has 96 valence electrons. The van der Waals surface area contributed by atoms with Gasteiger partial charge < -0.3 is 15.0 Å². The van der Waals surface area contributed by atoms with Crippen molar-refractivity contribution < 1.29 is 4.74 Å². The molecule has 2 aromatic rings. The van der Waals surface area contributed by atoms with E-state index in [-0.39, 0.29) is 0 Å². The number of rotatable bonds is 4. The third-order valence-electron chi connectivity index (χ3n) is 2.73. The van der Waals surface area contributed by atoms with E-state index in [2.05, 4.69) is 10.2 Å². The lowest BCUT2D eigenvalue weighted by atomic mass is 10.3. The van der Waals surface area contributed by atoms with Gasteiger partial charge in [-0.15, -0.1) is 22.0 Å². The molecule has 5 nitrogen and oxygen atoms in total. The normalized spacial score (nSPS) is 10.6. The summed E-state index contributed by atoms with van der Waals surface area (Å²) in [6.07, 6.45) is 0. The lowest BCUT2D eigenvalue weighted by Crippen LogP contribution is -1.98. The molecule has 2 N–H and O–H groups in total. The topological polar surface area (TPSA) is 66.0 Å². The molecule has 0 saturated carbocycles. The highest BCUT2D eigenvalue weighted by Gasteiger charge is 2.08. The molecule has 18 heavy (non-hydrogen) atoms. The lowest BCUT2D eigenvalue weighted by molar-refractivity contribution is 0.405. The maximum absolute atomic E-state index is 5.72. The molecule has 6 heteroatoms. The number of nitrogens with two attached hydrogens (primary N) is 1. The van der Waals surface area contributed by atoms with Crippen LogP contribution in [0.5, 0.6) is 5.75 Å². The van der Waals surface area contributed by atoms with E-state index in [1.807, 2.05) is 36.7 Å². The highest BCUT2D eigenvalue weighted by Crippen LogP contribution is 2.32. The van der Waals surface area contributed by atoms with Crippen LogP contribution in [-0.2, 0) is 12.8 Å². The number of nitrogen functional groups attached to an aromatic ring is 1. The number of hydrogen-bond donors (Lipinski definition) is 1. The summed E-state index contributed by atoms with van der Waals surface area (Å²) >= 11 is 1.66. The zero-order valence-electron chi connectivity index (χ0n) is 10.7. The fourth-order valence-corrected chi connectivity index (χ4v) is 2.51. The fraction of sp³-hybridized carbons (Fsp3) is 0.333. The SMILES string of the molecule is COc1cc(N)ccc1SCc1nnc(C)n1C. The molecule has 0 atom stereocenters. The molecule has 0 radical (unpaired) electrons. The van der Waals surface area contributed by atoms with Crippen molar-refractivity contribution >= 4 is 17.4 Å². The van der Waals surface area contributed by atoms with Crippen LogP contribution in [0.3, 0.4) is 0 Å². The molecule has 0 saturated heterocycles. The van der Waals surface area contributed by atoms with Gasteiger partial charge in [0.15, 0.2) is 0 Å². The quantitative estimate of drug-likeness (QED) is 0.676. The summed E-state index contributed by atoms with van der Waals surface area (Å²) in [5, 5.41) is 8.16. The van der Waals surface area contributed by atoms with Gasteiger partial charge in [-0.2, -0.15) is 0 Å². The number of thioether (sulfide) groups is 1. The van der Waals surface area contributed by atoms with E-state index < -0.39 is 0 Å². The van der Waals surface area contributed by atoms with Gasteiger partial charge >= 0.3 is 0 Å². The molecule has 1 aromatic heterocycles. The fourth-order valence-electron chi connectivity index (χ4n) is 1.52. The summed E-state index contributed by atoms with van der Waals surface area (Å²) in [4.78, 5) is 1.05. The Labute approximate surface area is 110 Å². The molecule has 1 aromatic carbocycles. The number of hydrogen-bond acceptors (Lipinski definition) is 5. The lowest BCUT2D eigenvalue weighted by Gasteiger charge is -2.08. The second-order valence-electron chi connectivity index (χ2n) is 3.92. The first-order chi connectivity index (χ1) is 8.61. The molecule has 2 rings (SSSR count). The average molecular weight is 264 g/mol. The third kappa shape index (κ3) is 2.59. The molecule has 1 heterocycles. The van der Waals surface area contributed by atoms with Gasteiger partial charge in [0.1, 0.15) is 17.4 Å². The van der Waals surface area contributed by atoms with Gasteiger partial charge in [-0.25, -0.2) is 0 Å². The number of nitrogens with zero attached hydrogens (tertiary/aromatic N) is 3. The van der Waals surface area contributed by atoms with E-state index in [1.165, 1.54) is 0 Å². The average Bonchev–Trinajstić information content (AvgIpc) is 2.68. The Balaban J connectivity index is 2.13. The van der Waals surface area contributed by atoms with Gasteiger partial charge in [-0.05, 0) is 19.1 Å². The van der Waals surface area contributed by atoms with Crippen molar-refractivity contribution in [3.05, 3.63) is 29.8 Å². The van der Waals surface area contributed by atoms with Crippen LogP contribution >= 0.6 is 11.8 Å². The Bertz CT molecular complexity index is 553. The van der Waals surface area contributed by atoms with Crippen LogP contribution in [0, 0.1) is 6.92 Å². The Morgan fingerprint density at radius 1 is 1.39 bits per heavy atom. The van der Waals surface area contributed by atoms with Crippen molar-refractivity contribution in [3.8, 4) is 5.75 Å². The Morgan fingerprint density at radius 2 is 2.17 bits per heavy atom. The predicted octanol–water partition coefficient (Wildman–Crippen LogP) is 2.01. The van der Waals surface area contributed by atoms with Crippen molar-refractivity contribution in [2.24, 2.45) is 7.05 Å². The number of benzene rings is 1. The molecule has 0 aliphatic heterocycles. The van der Waals surface area contributed by atoms with Crippen molar-refractivity contribution in [1.82, 2.24) is 14.8 Å². The standard InChI is InChI=1S/C12H16N4OS/c1-8-14-15-12(16(8)2)7-18-11-5-4-9(13)6-10(11)17-3/h4-6H,7,13H2,1-3H3. The summed E-state index contributed by atoms with van der Waals surface area (Å²) in [6.45, 7) is 1.94. The maximum Gasteiger partial charge on any atom is 0.143 e. The van der Waals surface area contributed by atoms with Crippen LogP contribution in [0.2, 0.25) is 0 Å². The second-order valence-corrected chi connectivity index (χ2v) is 4.94. The van der Waals surface area contributed by atoms with Crippen LogP contribution in [0.15, 0.2) is 23.1 Å². The Morgan fingerprint density at radius 3 is 2.78 bits per heavy atom. The Kier molecular flexibility index (Phi) is 3.76. The molecule has 0 unspecified atom stereocenters. The van der Waals surface area contributed by atoms with Crippen molar-refractivity contribution in [2.75, 3.05) is 12.8 Å². The first kappa shape index (κ1) is 12.8. The van der Waals surface area contributed by atoms with Crippen molar-refractivity contribution in [2.45, 2.75) is 17.6 Å². The van der Waals surface area contributed by atoms with Crippen molar-refractivity contribution in [1.29, 1.82) is 0 Å². The van der Waals surface area contributed by atoms with E-state index in [9.17, 15) is 0 Å². The monoisotopic (exact) mass is 264 g/mol. The third-order valence-corrected chi connectivity index (χ3v) is 3.78. The minimum absolute atomic E-state index is 0.700. The number of methoxy groups -OCH3 is 1. The number of ether oxygens (including phenoxy) is 1. The number of anilines is 1. The summed E-state index contributed by atoms with van der Waals surface area (Å²) in [7, 11) is 3.61. The molecule has 0 aliphatic carbocycles. The van der Waals surface area contributed by atoms with Crippen molar-refractivity contribution in [3.63, 3.8) is 0 Å². The molecule has 0 bridgehead atoms. The molecule has 0 amide bonds. The van der Waals surface area contributed by atoms with Crippen LogP contribution in [0.4, 0.5) is 5.69 Å². The van der Waals surface area contributed by atoms with Crippen LogP contribution in [0.25, 0.3) is 0 Å². The second kappa shape index (κ2) is 5.30. The van der Waals surface area contributed by atoms with Gasteiger partial charge in [0.2, 0.25) is 0 Å². The zero-order chi connectivity index (χ0) is 13.1. The van der Waals surface area contributed by atoms with E-state index in [1.54, 1.807) is 18.9 Å². The van der Waals surface area contributed by atoms with Gasteiger partial charge in [-0.3, -0.25) is 0 Å². The minimum Gasteiger partial charge on any atom is -0.496 e. The predicted molar refractivity (Wildman–Crippen MR) is 72.7 cm³/mol. The maximum atomic E-state index is 5.72. The number of aryl methyl sites for hydroxylation is 1. The zero-order valence-corrected chi connectivity index (χ0v) is 11.5. The molecular weight excluding hydrogens is 248 g/mol. The smallest absolute Gasteiger partial charge is 0.143 e. The first-order valence-electron chi connectivity index (χ1n) is 5.53. The van der Waals surface area contributed by atoms with Gasteiger partial charge in [0.05, 0.1) is 12.9 Å². The van der Waals surface area contributed by atoms with Gasteiger partial charge in [-0.1, -0.05) is 0 Å². The van der Waals surface area contributed by atoms with E-state index >= 15 is 0 Å². The summed E-state index contributed by atoms with van der Waals surface area (Å²) < 4.78 is 7.29. The van der Waals surface area contributed by atoms with Crippen LogP contribution < -0.4 is 10.5 Å². The summed E-state index contributed by atoms with van der Waals surface area (Å²) in [6, 6.07) is 5.65. The molecule has 0 aliphatic rings. The highest BCUT2D eigenvalue weighted by molar-refractivity contribution is 7.98. The molecular formula is C12H16N4OS. The summed E-state index contributed by atoms with van der Waals surface area (Å²) in [5.41, 5.74) is 6.42. The largest absolute Gasteiger partial charge is 0.496 e. The molecule has 0 spiro atoms. The highest BCUT2D eigenvalue weighted by atomic mass is 32.2. The summed E-state index contributed by atoms with van der Waals surface area (Å²) in [5.74, 6) is 3.39. The van der Waals surface area contributed by atoms with E-state index in [0.29, 0.717) is 5.69 Å². The first-order valence-corrected chi connectivity index (χ1v) is 6.51. The van der Waals surface area contributed by atoms with Crippen LogP contribution in [-0.4, -0.2) is 21.9 Å².